The number of nitrogens with two attached hydrogens (primary N) is 1. The lowest BCUT2D eigenvalue weighted by Crippen LogP contribution is -2.61. The fourth-order valence-electron chi connectivity index (χ4n) is 4.64. The highest BCUT2D eigenvalue weighted by molar-refractivity contribution is 5.10. The summed E-state index contributed by atoms with van der Waals surface area (Å²) in [6, 6.07) is 0. The predicted octanol–water partition coefficient (Wildman–Crippen LogP) is 1.82. The van der Waals surface area contributed by atoms with Gasteiger partial charge >= 0.3 is 0 Å². The average Bonchev–Trinajstić information content (AvgIpc) is 2.09. The highest BCUT2D eigenvalue weighted by Gasteiger charge is 2.58. The van der Waals surface area contributed by atoms with E-state index in [0.29, 0.717) is 18.4 Å². The summed E-state index contributed by atoms with van der Waals surface area (Å²) in [4.78, 5) is 0. The molecule has 0 aromatic heterocycles. The van der Waals surface area contributed by atoms with Crippen molar-refractivity contribution in [3.05, 3.63) is 0 Å². The fraction of sp³-hybridized carbons (Fsp3) is 1.00. The molecule has 4 saturated carbocycles. The number of hydrogen-bond acceptors (Lipinski definition) is 3. The Morgan fingerprint density at radius 3 is 2.29 bits per heavy atom. The maximum atomic E-state index is 10.6. The van der Waals surface area contributed by atoms with Crippen LogP contribution in [0.2, 0.25) is 0 Å². The van der Waals surface area contributed by atoms with Crippen molar-refractivity contribution in [3.63, 3.8) is 0 Å². The van der Waals surface area contributed by atoms with Crippen LogP contribution in [0.5, 0.6) is 0 Å². The summed E-state index contributed by atoms with van der Waals surface area (Å²) in [6.07, 6.45) is 6.42. The molecule has 0 aromatic rings. The maximum absolute atomic E-state index is 10.6. The van der Waals surface area contributed by atoms with E-state index >= 15 is 0 Å². The molecule has 0 aliphatic heterocycles. The van der Waals surface area contributed by atoms with Crippen molar-refractivity contribution in [3.8, 4) is 0 Å². The summed E-state index contributed by atoms with van der Waals surface area (Å²) in [5.74, 6) is 1.37. The van der Waals surface area contributed by atoms with E-state index in [2.05, 4.69) is 0 Å². The quantitative estimate of drug-likeness (QED) is 0.790. The van der Waals surface area contributed by atoms with Gasteiger partial charge in [0.1, 0.15) is 0 Å². The van der Waals surface area contributed by atoms with E-state index in [1.54, 1.807) is 0 Å². The Balaban J connectivity index is 1.75. The first-order valence-corrected chi connectivity index (χ1v) is 6.93. The molecule has 3 heteroatoms. The molecule has 0 amide bonds. The van der Waals surface area contributed by atoms with Crippen LogP contribution in [0.25, 0.3) is 0 Å². The van der Waals surface area contributed by atoms with E-state index in [-0.39, 0.29) is 11.1 Å². The lowest BCUT2D eigenvalue weighted by molar-refractivity contribution is -0.223. The van der Waals surface area contributed by atoms with Gasteiger partial charge in [-0.15, -0.1) is 0 Å². The first-order chi connectivity index (χ1) is 7.78. The molecule has 4 fully saturated rings. The van der Waals surface area contributed by atoms with Gasteiger partial charge < -0.3 is 15.6 Å². The minimum absolute atomic E-state index is 0.0600. The van der Waals surface area contributed by atoms with Gasteiger partial charge in [-0.3, -0.25) is 0 Å². The molecule has 0 aromatic carbocycles. The Kier molecular flexibility index (Phi) is 2.43. The van der Waals surface area contributed by atoms with Crippen molar-refractivity contribution in [2.24, 2.45) is 17.6 Å². The Labute approximate surface area is 104 Å². The van der Waals surface area contributed by atoms with Gasteiger partial charge in [-0.1, -0.05) is 0 Å². The number of hydrogen-bond donors (Lipinski definition) is 2. The van der Waals surface area contributed by atoms with Gasteiger partial charge in [-0.2, -0.15) is 0 Å². The molecule has 4 rings (SSSR count). The predicted molar refractivity (Wildman–Crippen MR) is 66.6 cm³/mol. The van der Waals surface area contributed by atoms with E-state index in [1.807, 2.05) is 13.8 Å². The smallest absolute Gasteiger partial charge is 0.0716 e. The van der Waals surface area contributed by atoms with Crippen LogP contribution in [-0.2, 0) is 4.74 Å². The molecule has 4 bridgehead atoms. The van der Waals surface area contributed by atoms with Crippen molar-refractivity contribution in [2.45, 2.75) is 69.1 Å². The summed E-state index contributed by atoms with van der Waals surface area (Å²) < 4.78 is 6.19. The van der Waals surface area contributed by atoms with Crippen molar-refractivity contribution in [2.75, 3.05) is 6.61 Å². The van der Waals surface area contributed by atoms with Crippen LogP contribution in [0, 0.1) is 11.8 Å². The molecule has 98 valence electrons. The zero-order valence-electron chi connectivity index (χ0n) is 11.0. The maximum Gasteiger partial charge on any atom is 0.0716 e. The van der Waals surface area contributed by atoms with E-state index in [4.69, 9.17) is 10.5 Å². The third kappa shape index (κ3) is 2.25. The molecule has 3 N–H and O–H groups in total. The third-order valence-electron chi connectivity index (χ3n) is 4.73. The molecular formula is C14H25NO2. The molecule has 0 spiro atoms. The summed E-state index contributed by atoms with van der Waals surface area (Å²) in [5, 5.41) is 10.6. The van der Waals surface area contributed by atoms with Crippen LogP contribution in [0.15, 0.2) is 0 Å². The lowest BCUT2D eigenvalue weighted by Gasteiger charge is -2.60. The minimum atomic E-state index is -0.428. The first kappa shape index (κ1) is 11.9. The highest BCUT2D eigenvalue weighted by Crippen LogP contribution is 2.58. The van der Waals surface area contributed by atoms with Gasteiger partial charge in [0, 0.05) is 12.0 Å². The van der Waals surface area contributed by atoms with Crippen molar-refractivity contribution >= 4 is 0 Å². The zero-order valence-corrected chi connectivity index (χ0v) is 11.0. The molecule has 4 aliphatic rings. The van der Waals surface area contributed by atoms with Crippen molar-refractivity contribution < 1.29 is 9.84 Å². The third-order valence-corrected chi connectivity index (χ3v) is 4.73. The number of aliphatic hydroxyl groups is 1. The van der Waals surface area contributed by atoms with Gasteiger partial charge in [0.15, 0.2) is 0 Å². The molecule has 2 unspecified atom stereocenters. The minimum Gasteiger partial charge on any atom is -0.390 e. The second-order valence-corrected chi connectivity index (χ2v) is 7.65. The lowest BCUT2D eigenvalue weighted by atomic mass is 9.52. The number of rotatable bonds is 3. The van der Waals surface area contributed by atoms with E-state index in [9.17, 15) is 5.11 Å². The number of ether oxygens (including phenoxy) is 1. The molecule has 3 nitrogen and oxygen atoms in total. The summed E-state index contributed by atoms with van der Waals surface area (Å²) in [7, 11) is 0. The molecular weight excluding hydrogens is 214 g/mol. The highest BCUT2D eigenvalue weighted by atomic mass is 16.5. The van der Waals surface area contributed by atoms with E-state index in [0.717, 1.165) is 32.1 Å². The van der Waals surface area contributed by atoms with Crippen LogP contribution in [0.3, 0.4) is 0 Å². The summed E-state index contributed by atoms with van der Waals surface area (Å²) >= 11 is 0. The van der Waals surface area contributed by atoms with Crippen LogP contribution in [-0.4, -0.2) is 28.5 Å². The molecule has 0 heterocycles. The van der Waals surface area contributed by atoms with Gasteiger partial charge in [0.25, 0.3) is 0 Å². The van der Waals surface area contributed by atoms with Gasteiger partial charge in [-0.25, -0.2) is 0 Å². The normalized spacial score (nSPS) is 48.7. The van der Waals surface area contributed by atoms with Crippen LogP contribution < -0.4 is 5.73 Å². The van der Waals surface area contributed by atoms with Crippen LogP contribution in [0.4, 0.5) is 0 Å². The Morgan fingerprint density at radius 2 is 1.82 bits per heavy atom. The second-order valence-electron chi connectivity index (χ2n) is 7.65. The Hall–Kier alpha value is -0.120. The van der Waals surface area contributed by atoms with Crippen LogP contribution >= 0.6 is 0 Å². The standard InChI is InChI=1S/C14H25NO2/c1-12(2,15)9-17-14-6-10-3-11(7-14)5-13(16,4-10)8-14/h10-11,16H,3-9,15H2,1-2H3. The molecule has 2 atom stereocenters. The first-order valence-electron chi connectivity index (χ1n) is 6.93. The van der Waals surface area contributed by atoms with Crippen LogP contribution in [0.1, 0.15) is 52.4 Å². The SMILES string of the molecule is CC(C)(N)COC12CC3CC(CC(O)(C3)C1)C2. The largest absolute Gasteiger partial charge is 0.390 e. The van der Waals surface area contributed by atoms with Gasteiger partial charge in [0.05, 0.1) is 17.8 Å². The van der Waals surface area contributed by atoms with Crippen molar-refractivity contribution in [1.82, 2.24) is 0 Å². The fourth-order valence-corrected chi connectivity index (χ4v) is 4.64. The monoisotopic (exact) mass is 239 g/mol. The van der Waals surface area contributed by atoms with E-state index in [1.165, 1.54) is 6.42 Å². The Bertz CT molecular complexity index is 307. The molecule has 0 radical (unpaired) electrons. The summed E-state index contributed by atoms with van der Waals surface area (Å²) in [6.45, 7) is 4.60. The Morgan fingerprint density at radius 1 is 1.24 bits per heavy atom. The second kappa shape index (κ2) is 3.46. The van der Waals surface area contributed by atoms with Crippen molar-refractivity contribution in [1.29, 1.82) is 0 Å². The molecule has 4 aliphatic carbocycles. The average molecular weight is 239 g/mol. The zero-order chi connectivity index (χ0) is 12.3. The molecule has 17 heavy (non-hydrogen) atoms. The van der Waals surface area contributed by atoms with Gasteiger partial charge in [0.2, 0.25) is 0 Å². The summed E-state index contributed by atoms with van der Waals surface area (Å²) in [5.41, 5.74) is 5.25. The van der Waals surface area contributed by atoms with E-state index < -0.39 is 5.60 Å². The molecule has 0 saturated heterocycles. The topological polar surface area (TPSA) is 55.5 Å². The van der Waals surface area contributed by atoms with Gasteiger partial charge in [-0.05, 0) is 57.8 Å².